The first-order chi connectivity index (χ1) is 15.7. The van der Waals surface area contributed by atoms with E-state index >= 15 is 0 Å². The molecule has 172 valence electrons. The summed E-state index contributed by atoms with van der Waals surface area (Å²) in [5, 5.41) is 9.73. The van der Waals surface area contributed by atoms with Crippen molar-refractivity contribution in [1.29, 1.82) is 0 Å². The summed E-state index contributed by atoms with van der Waals surface area (Å²) in [6, 6.07) is 1.74. The van der Waals surface area contributed by atoms with Crippen LogP contribution in [0.5, 0.6) is 0 Å². The highest BCUT2D eigenvalue weighted by molar-refractivity contribution is 6.05. The summed E-state index contributed by atoms with van der Waals surface area (Å²) in [7, 11) is 1.59. The van der Waals surface area contributed by atoms with Gasteiger partial charge in [-0.05, 0) is 18.9 Å². The number of carbonyl (C=O) groups excluding carboxylic acids is 2. The predicted octanol–water partition coefficient (Wildman–Crippen LogP) is 2.54. The Hall–Kier alpha value is -3.77. The monoisotopic (exact) mass is 460 g/mol. The van der Waals surface area contributed by atoms with Crippen LogP contribution in [0.2, 0.25) is 0 Å². The zero-order chi connectivity index (χ0) is 23.4. The number of hydrogen-bond donors (Lipinski definition) is 2. The van der Waals surface area contributed by atoms with E-state index in [1.165, 1.54) is 4.90 Å². The second-order valence-corrected chi connectivity index (χ2v) is 8.54. The number of hydrogen-bond acceptors (Lipinski definition) is 6. The van der Waals surface area contributed by atoms with Crippen LogP contribution < -0.4 is 5.32 Å². The SMILES string of the molecule is CN(C(=O)Nc1cc(C(F)(F)F)ncn1)C1CC2(C1)CN(C(=O)c1ccnc3[nH]ncc13)C2. The molecule has 1 spiro atoms. The van der Waals surface area contributed by atoms with E-state index in [0.29, 0.717) is 48.6 Å². The van der Waals surface area contributed by atoms with E-state index < -0.39 is 17.9 Å². The van der Waals surface area contributed by atoms with Crippen molar-refractivity contribution in [1.82, 2.24) is 34.9 Å². The van der Waals surface area contributed by atoms with Crippen LogP contribution in [-0.2, 0) is 6.18 Å². The summed E-state index contributed by atoms with van der Waals surface area (Å²) in [5.74, 6) is -0.306. The third-order valence-corrected chi connectivity index (χ3v) is 6.32. The number of nitrogens with zero attached hydrogens (tertiary/aromatic N) is 6. The highest BCUT2D eigenvalue weighted by Gasteiger charge is 2.55. The van der Waals surface area contributed by atoms with Crippen LogP contribution >= 0.6 is 0 Å². The average molecular weight is 460 g/mol. The maximum absolute atomic E-state index is 12.9. The lowest BCUT2D eigenvalue weighted by molar-refractivity contribution is -0.141. The minimum atomic E-state index is -4.62. The number of aromatic nitrogens is 5. The first kappa shape index (κ1) is 21.1. The molecule has 1 saturated heterocycles. The number of aromatic amines is 1. The summed E-state index contributed by atoms with van der Waals surface area (Å²) < 4.78 is 38.4. The number of rotatable bonds is 3. The summed E-state index contributed by atoms with van der Waals surface area (Å²) in [6.07, 6.45) is 0.684. The molecule has 33 heavy (non-hydrogen) atoms. The Morgan fingerprint density at radius 1 is 1.24 bits per heavy atom. The van der Waals surface area contributed by atoms with E-state index in [2.05, 4.69) is 30.5 Å². The van der Waals surface area contributed by atoms with E-state index in [4.69, 9.17) is 0 Å². The number of urea groups is 1. The van der Waals surface area contributed by atoms with Crippen molar-refractivity contribution in [2.45, 2.75) is 25.1 Å². The first-order valence-corrected chi connectivity index (χ1v) is 10.2. The Labute approximate surface area is 185 Å². The highest BCUT2D eigenvalue weighted by Crippen LogP contribution is 2.50. The second-order valence-electron chi connectivity index (χ2n) is 8.54. The van der Waals surface area contributed by atoms with Crippen molar-refractivity contribution in [2.24, 2.45) is 5.41 Å². The lowest BCUT2D eigenvalue weighted by Gasteiger charge is -2.60. The van der Waals surface area contributed by atoms with Crippen LogP contribution in [0.3, 0.4) is 0 Å². The maximum atomic E-state index is 12.9. The number of pyridine rings is 1. The van der Waals surface area contributed by atoms with Crippen LogP contribution in [0.1, 0.15) is 28.9 Å². The van der Waals surface area contributed by atoms with Gasteiger partial charge in [0, 0.05) is 43.9 Å². The molecule has 2 N–H and O–H groups in total. The Morgan fingerprint density at radius 2 is 2.00 bits per heavy atom. The van der Waals surface area contributed by atoms with Gasteiger partial charge in [-0.25, -0.2) is 19.7 Å². The molecule has 13 heteroatoms. The lowest BCUT2D eigenvalue weighted by Crippen LogP contribution is -2.67. The van der Waals surface area contributed by atoms with Crippen molar-refractivity contribution in [2.75, 3.05) is 25.5 Å². The molecule has 10 nitrogen and oxygen atoms in total. The van der Waals surface area contributed by atoms with Crippen molar-refractivity contribution in [3.8, 4) is 0 Å². The number of halogens is 3. The largest absolute Gasteiger partial charge is 0.433 e. The van der Waals surface area contributed by atoms with Gasteiger partial charge in [0.15, 0.2) is 5.65 Å². The molecule has 1 aliphatic carbocycles. The fourth-order valence-corrected chi connectivity index (χ4v) is 4.53. The maximum Gasteiger partial charge on any atom is 0.433 e. The van der Waals surface area contributed by atoms with E-state index in [0.717, 1.165) is 6.33 Å². The molecule has 3 aromatic heterocycles. The van der Waals surface area contributed by atoms with Gasteiger partial charge in [-0.3, -0.25) is 15.2 Å². The number of anilines is 1. The molecule has 4 heterocycles. The van der Waals surface area contributed by atoms with Crippen molar-refractivity contribution < 1.29 is 22.8 Å². The third kappa shape index (κ3) is 3.72. The van der Waals surface area contributed by atoms with Crippen molar-refractivity contribution in [3.05, 3.63) is 42.1 Å². The fourth-order valence-electron chi connectivity index (χ4n) is 4.53. The molecule has 1 saturated carbocycles. The standard InChI is InChI=1S/C20H19F3N8O2/c1-30(18(33)28-15-4-14(20(21,22)23)25-10-26-15)11-5-19(6-11)8-31(9-19)17(32)12-2-3-24-16-13(12)7-27-29-16/h2-4,7,10-11H,5-6,8-9H2,1H3,(H,24,27,29)(H,25,26,28,33). The molecule has 0 unspecified atom stereocenters. The highest BCUT2D eigenvalue weighted by atomic mass is 19.4. The number of carbonyl (C=O) groups is 2. The molecule has 2 fully saturated rings. The van der Waals surface area contributed by atoms with Crippen LogP contribution in [-0.4, -0.2) is 73.1 Å². The van der Waals surface area contributed by atoms with Crippen molar-refractivity contribution >= 4 is 28.8 Å². The van der Waals surface area contributed by atoms with Crippen molar-refractivity contribution in [3.63, 3.8) is 0 Å². The number of likely N-dealkylation sites (tertiary alicyclic amines) is 1. The smallest absolute Gasteiger partial charge is 0.337 e. The molecule has 2 aliphatic rings. The minimum absolute atomic E-state index is 0.0459. The van der Waals surface area contributed by atoms with E-state index in [1.54, 1.807) is 30.4 Å². The third-order valence-electron chi connectivity index (χ3n) is 6.32. The lowest BCUT2D eigenvalue weighted by atomic mass is 9.60. The Morgan fingerprint density at radius 3 is 2.73 bits per heavy atom. The number of fused-ring (bicyclic) bond motifs is 1. The number of nitrogens with one attached hydrogen (secondary N) is 2. The van der Waals surface area contributed by atoms with Gasteiger partial charge in [0.2, 0.25) is 0 Å². The number of amides is 3. The van der Waals surface area contributed by atoms with E-state index in [9.17, 15) is 22.8 Å². The van der Waals surface area contributed by atoms with Gasteiger partial charge < -0.3 is 9.80 Å². The quantitative estimate of drug-likeness (QED) is 0.620. The van der Waals surface area contributed by atoms with Gasteiger partial charge in [-0.15, -0.1) is 0 Å². The summed E-state index contributed by atoms with van der Waals surface area (Å²) in [4.78, 5) is 39.6. The van der Waals surface area contributed by atoms with Crippen LogP contribution in [0, 0.1) is 5.41 Å². The molecule has 3 amide bonds. The van der Waals surface area contributed by atoms with Gasteiger partial charge >= 0.3 is 12.2 Å². The molecule has 0 bridgehead atoms. The predicted molar refractivity (Wildman–Crippen MR) is 109 cm³/mol. The first-order valence-electron chi connectivity index (χ1n) is 10.2. The molecule has 3 aromatic rings. The number of alkyl halides is 3. The Balaban J connectivity index is 1.15. The number of H-pyrrole nitrogens is 1. The zero-order valence-corrected chi connectivity index (χ0v) is 17.4. The van der Waals surface area contributed by atoms with E-state index in [-0.39, 0.29) is 23.2 Å². The van der Waals surface area contributed by atoms with Gasteiger partial charge in [0.1, 0.15) is 17.8 Å². The van der Waals surface area contributed by atoms with Crippen LogP contribution in [0.15, 0.2) is 30.9 Å². The summed E-state index contributed by atoms with van der Waals surface area (Å²) in [5.41, 5.74) is -0.0767. The van der Waals surface area contributed by atoms with Gasteiger partial charge in [-0.1, -0.05) is 0 Å². The molecule has 0 radical (unpaired) electrons. The topological polar surface area (TPSA) is 120 Å². The van der Waals surface area contributed by atoms with Crippen LogP contribution in [0.4, 0.5) is 23.8 Å². The molecule has 0 aromatic carbocycles. The average Bonchev–Trinajstić information content (AvgIpc) is 3.20. The van der Waals surface area contributed by atoms with Crippen LogP contribution in [0.25, 0.3) is 11.0 Å². The molecule has 5 rings (SSSR count). The molecular formula is C20H19F3N8O2. The molecular weight excluding hydrogens is 441 g/mol. The summed E-state index contributed by atoms with van der Waals surface area (Å²) in [6.45, 7) is 1.17. The van der Waals surface area contributed by atoms with Gasteiger partial charge in [0.25, 0.3) is 5.91 Å². The normalized spacial score (nSPS) is 17.5. The Kier molecular flexibility index (Phi) is 4.72. The van der Waals surface area contributed by atoms with Gasteiger partial charge in [-0.2, -0.15) is 18.3 Å². The Bertz CT molecular complexity index is 1230. The second kappa shape index (κ2) is 7.39. The summed E-state index contributed by atoms with van der Waals surface area (Å²) >= 11 is 0. The minimum Gasteiger partial charge on any atom is -0.337 e. The molecule has 1 aliphatic heterocycles. The van der Waals surface area contributed by atoms with E-state index in [1.807, 2.05) is 0 Å². The fraction of sp³-hybridized carbons (Fsp3) is 0.400. The van der Waals surface area contributed by atoms with Gasteiger partial charge in [0.05, 0.1) is 17.1 Å². The molecule has 0 atom stereocenters. The zero-order valence-electron chi connectivity index (χ0n) is 17.4.